The number of benzene rings is 2. The highest BCUT2D eigenvalue weighted by molar-refractivity contribution is 5.85. The molecule has 4 heteroatoms. The second kappa shape index (κ2) is 10.1. The molecule has 0 radical (unpaired) electrons. The normalized spacial score (nSPS) is 18.0. The van der Waals surface area contributed by atoms with Crippen molar-refractivity contribution >= 4 is 16.9 Å². The molecule has 0 spiro atoms. The smallest absolute Gasteiger partial charge is 0.243 e. The highest BCUT2D eigenvalue weighted by atomic mass is 16.2. The van der Waals surface area contributed by atoms with Gasteiger partial charge in [0.25, 0.3) is 0 Å². The van der Waals surface area contributed by atoms with Crippen molar-refractivity contribution in [2.45, 2.75) is 96.2 Å². The monoisotopic (exact) mass is 443 g/mol. The van der Waals surface area contributed by atoms with Crippen LogP contribution in [-0.4, -0.2) is 32.4 Å². The predicted octanol–water partition coefficient (Wildman–Crippen LogP) is 6.76. The van der Waals surface area contributed by atoms with Gasteiger partial charge in [-0.15, -0.1) is 0 Å². The minimum Gasteiger partial charge on any atom is -0.335 e. The van der Waals surface area contributed by atoms with Crippen molar-refractivity contribution in [3.63, 3.8) is 0 Å². The fourth-order valence-corrected chi connectivity index (χ4v) is 5.99. The van der Waals surface area contributed by atoms with E-state index in [0.717, 1.165) is 54.5 Å². The number of amides is 1. The first-order valence-electron chi connectivity index (χ1n) is 13.1. The number of nitrogens with zero attached hydrogens (tertiary/aromatic N) is 3. The summed E-state index contributed by atoms with van der Waals surface area (Å²) in [6, 6.07) is 17.7. The standard InChI is InChI=1S/C29H37N3O/c1-2-22-17-19-23(20-18-22)29-30-26-15-9-10-16-27(26)31(29)21-28(33)32(24-11-5-3-6-12-24)25-13-7-4-8-14-25/h9-10,15-20,24-25H,2-8,11-14,21H2,1H3. The van der Waals surface area contributed by atoms with Gasteiger partial charge in [0, 0.05) is 17.6 Å². The molecule has 2 aliphatic rings. The largest absolute Gasteiger partial charge is 0.335 e. The Kier molecular flexibility index (Phi) is 6.80. The molecule has 5 rings (SSSR count). The molecule has 1 amide bonds. The average Bonchev–Trinajstić information content (AvgIpc) is 3.24. The van der Waals surface area contributed by atoms with Crippen LogP contribution in [0.1, 0.15) is 76.7 Å². The molecule has 33 heavy (non-hydrogen) atoms. The van der Waals surface area contributed by atoms with Gasteiger partial charge in [-0.2, -0.15) is 0 Å². The first-order chi connectivity index (χ1) is 16.2. The molecule has 2 saturated carbocycles. The number of aryl methyl sites for hydroxylation is 1. The minimum atomic E-state index is 0.281. The number of imidazole rings is 1. The highest BCUT2D eigenvalue weighted by Gasteiger charge is 2.33. The highest BCUT2D eigenvalue weighted by Crippen LogP contribution is 2.32. The Bertz CT molecular complexity index is 1050. The van der Waals surface area contributed by atoms with Gasteiger partial charge < -0.3 is 9.47 Å². The number of carbonyl (C=O) groups is 1. The molecule has 0 saturated heterocycles. The van der Waals surface area contributed by atoms with Gasteiger partial charge in [0.1, 0.15) is 12.4 Å². The van der Waals surface area contributed by atoms with Crippen LogP contribution >= 0.6 is 0 Å². The van der Waals surface area contributed by atoms with Crippen LogP contribution in [0.5, 0.6) is 0 Å². The third-order valence-electron chi connectivity index (χ3n) is 7.79. The Balaban J connectivity index is 1.50. The van der Waals surface area contributed by atoms with E-state index in [1.807, 2.05) is 6.07 Å². The van der Waals surface area contributed by atoms with E-state index in [1.165, 1.54) is 44.1 Å². The zero-order chi connectivity index (χ0) is 22.6. The van der Waals surface area contributed by atoms with E-state index >= 15 is 0 Å². The van der Waals surface area contributed by atoms with E-state index in [-0.39, 0.29) is 5.91 Å². The topological polar surface area (TPSA) is 38.1 Å². The van der Waals surface area contributed by atoms with Gasteiger partial charge in [0.05, 0.1) is 11.0 Å². The summed E-state index contributed by atoms with van der Waals surface area (Å²) in [7, 11) is 0. The molecule has 0 unspecified atom stereocenters. The lowest BCUT2D eigenvalue weighted by Gasteiger charge is -2.42. The first-order valence-corrected chi connectivity index (χ1v) is 13.1. The van der Waals surface area contributed by atoms with Crippen LogP contribution in [0.2, 0.25) is 0 Å². The maximum absolute atomic E-state index is 14.0. The molecule has 0 atom stereocenters. The van der Waals surface area contributed by atoms with Crippen LogP contribution in [0.4, 0.5) is 0 Å². The van der Waals surface area contributed by atoms with Crippen molar-refractivity contribution in [2.75, 3.05) is 0 Å². The molecule has 0 aliphatic heterocycles. The van der Waals surface area contributed by atoms with Crippen LogP contribution in [0.15, 0.2) is 48.5 Å². The number of hydrogen-bond donors (Lipinski definition) is 0. The summed E-state index contributed by atoms with van der Waals surface area (Å²) in [5, 5.41) is 0. The van der Waals surface area contributed by atoms with Crippen LogP contribution in [0.3, 0.4) is 0 Å². The zero-order valence-electron chi connectivity index (χ0n) is 20.0. The Morgan fingerprint density at radius 1 is 0.879 bits per heavy atom. The Morgan fingerprint density at radius 2 is 1.48 bits per heavy atom. The van der Waals surface area contributed by atoms with Crippen molar-refractivity contribution in [3.05, 3.63) is 54.1 Å². The molecule has 0 N–H and O–H groups in total. The van der Waals surface area contributed by atoms with Crippen LogP contribution in [-0.2, 0) is 17.8 Å². The summed E-state index contributed by atoms with van der Waals surface area (Å²) < 4.78 is 2.16. The third-order valence-corrected chi connectivity index (χ3v) is 7.79. The van der Waals surface area contributed by atoms with Gasteiger partial charge in [0.15, 0.2) is 0 Å². The number of para-hydroxylation sites is 2. The van der Waals surface area contributed by atoms with Gasteiger partial charge in [-0.1, -0.05) is 81.8 Å². The van der Waals surface area contributed by atoms with E-state index in [0.29, 0.717) is 18.6 Å². The lowest BCUT2D eigenvalue weighted by molar-refractivity contribution is -0.138. The summed E-state index contributed by atoms with van der Waals surface area (Å²) in [6.07, 6.45) is 13.3. The van der Waals surface area contributed by atoms with Crippen molar-refractivity contribution in [1.82, 2.24) is 14.5 Å². The summed E-state index contributed by atoms with van der Waals surface area (Å²) in [5.41, 5.74) is 4.41. The fraction of sp³-hybridized carbons (Fsp3) is 0.517. The van der Waals surface area contributed by atoms with Crippen LogP contribution in [0.25, 0.3) is 22.4 Å². The molecule has 2 aromatic carbocycles. The summed E-state index contributed by atoms with van der Waals surface area (Å²) in [5.74, 6) is 1.18. The first kappa shape index (κ1) is 22.2. The fourth-order valence-electron chi connectivity index (χ4n) is 5.99. The number of hydrogen-bond acceptors (Lipinski definition) is 2. The van der Waals surface area contributed by atoms with Gasteiger partial charge in [0.2, 0.25) is 5.91 Å². The maximum atomic E-state index is 14.0. The zero-order valence-corrected chi connectivity index (χ0v) is 20.0. The van der Waals surface area contributed by atoms with Crippen LogP contribution < -0.4 is 0 Å². The molecule has 3 aromatic rings. The summed E-state index contributed by atoms with van der Waals surface area (Å²) >= 11 is 0. The van der Waals surface area contributed by atoms with E-state index in [9.17, 15) is 4.79 Å². The van der Waals surface area contributed by atoms with E-state index in [1.54, 1.807) is 0 Å². The predicted molar refractivity (Wildman–Crippen MR) is 135 cm³/mol. The molecule has 0 bridgehead atoms. The lowest BCUT2D eigenvalue weighted by atomic mass is 9.88. The molecule has 2 aliphatic carbocycles. The van der Waals surface area contributed by atoms with Crippen molar-refractivity contribution in [1.29, 1.82) is 0 Å². The van der Waals surface area contributed by atoms with E-state index < -0.39 is 0 Å². The maximum Gasteiger partial charge on any atom is 0.243 e. The second-order valence-electron chi connectivity index (χ2n) is 9.95. The van der Waals surface area contributed by atoms with Gasteiger partial charge in [-0.3, -0.25) is 4.79 Å². The molecular formula is C29H37N3O. The SMILES string of the molecule is CCc1ccc(-c2nc3ccccc3n2CC(=O)N(C2CCCCC2)C2CCCCC2)cc1. The molecular weight excluding hydrogens is 406 g/mol. The van der Waals surface area contributed by atoms with Gasteiger partial charge >= 0.3 is 0 Å². The summed E-state index contributed by atoms with van der Waals surface area (Å²) in [4.78, 5) is 21.3. The molecule has 4 nitrogen and oxygen atoms in total. The van der Waals surface area contributed by atoms with Gasteiger partial charge in [-0.25, -0.2) is 4.98 Å². The van der Waals surface area contributed by atoms with Crippen LogP contribution in [0, 0.1) is 0 Å². The Hall–Kier alpha value is -2.62. The molecule has 174 valence electrons. The molecule has 2 fully saturated rings. The van der Waals surface area contributed by atoms with E-state index in [4.69, 9.17) is 4.98 Å². The number of aromatic nitrogens is 2. The molecule has 1 aromatic heterocycles. The summed E-state index contributed by atoms with van der Waals surface area (Å²) in [6.45, 7) is 2.55. The van der Waals surface area contributed by atoms with Crippen molar-refractivity contribution < 1.29 is 4.79 Å². The number of rotatable bonds is 6. The number of fused-ring (bicyclic) bond motifs is 1. The minimum absolute atomic E-state index is 0.281. The quantitative estimate of drug-likeness (QED) is 0.422. The molecule has 1 heterocycles. The van der Waals surface area contributed by atoms with Crippen molar-refractivity contribution in [2.24, 2.45) is 0 Å². The van der Waals surface area contributed by atoms with Gasteiger partial charge in [-0.05, 0) is 49.8 Å². The third kappa shape index (κ3) is 4.71. The average molecular weight is 444 g/mol. The Labute approximate surface area is 198 Å². The second-order valence-corrected chi connectivity index (χ2v) is 9.95. The Morgan fingerprint density at radius 3 is 2.09 bits per heavy atom. The van der Waals surface area contributed by atoms with Crippen molar-refractivity contribution in [3.8, 4) is 11.4 Å². The lowest BCUT2D eigenvalue weighted by Crippen LogP contribution is -2.50. The van der Waals surface area contributed by atoms with E-state index in [2.05, 4.69) is 58.9 Å². The number of carbonyl (C=O) groups excluding carboxylic acids is 1.